The number of rotatable bonds is 6. The van der Waals surface area contributed by atoms with Crippen LogP contribution in [0.15, 0.2) is 41.3 Å². The van der Waals surface area contributed by atoms with Gasteiger partial charge in [0, 0.05) is 25.2 Å². The molecular formula is C23H30N2O4S. The third kappa shape index (κ3) is 4.68. The number of aryl methyl sites for hydroxylation is 3. The van der Waals surface area contributed by atoms with Crippen molar-refractivity contribution in [3.05, 3.63) is 58.7 Å². The normalized spacial score (nSPS) is 17.5. The maximum Gasteiger partial charge on any atom is 0.243 e. The summed E-state index contributed by atoms with van der Waals surface area (Å²) in [5.74, 6) is 0.225. The summed E-state index contributed by atoms with van der Waals surface area (Å²) in [5, 5.41) is 2.94. The monoisotopic (exact) mass is 430 g/mol. The molecule has 3 rings (SSSR count). The van der Waals surface area contributed by atoms with Crippen LogP contribution in [0.25, 0.3) is 0 Å². The van der Waals surface area contributed by atoms with Crippen LogP contribution >= 0.6 is 0 Å². The predicted molar refractivity (Wildman–Crippen MR) is 117 cm³/mol. The number of hydrogen-bond donors (Lipinski definition) is 1. The van der Waals surface area contributed by atoms with E-state index in [4.69, 9.17) is 4.74 Å². The number of sulfonamides is 1. The smallest absolute Gasteiger partial charge is 0.243 e. The van der Waals surface area contributed by atoms with E-state index in [9.17, 15) is 13.2 Å². The van der Waals surface area contributed by atoms with Crippen LogP contribution < -0.4 is 10.1 Å². The zero-order valence-corrected chi connectivity index (χ0v) is 18.9. The number of para-hydroxylation sites is 1. The molecule has 2 aromatic rings. The molecule has 0 spiro atoms. The molecule has 0 aromatic heterocycles. The molecule has 0 aliphatic carbocycles. The number of amides is 1. The quantitative estimate of drug-likeness (QED) is 0.763. The van der Waals surface area contributed by atoms with Crippen molar-refractivity contribution in [2.45, 2.75) is 45.1 Å². The highest BCUT2D eigenvalue weighted by Gasteiger charge is 2.34. The van der Waals surface area contributed by atoms with E-state index in [2.05, 4.69) is 5.32 Å². The van der Waals surface area contributed by atoms with Gasteiger partial charge in [-0.3, -0.25) is 4.79 Å². The van der Waals surface area contributed by atoms with E-state index in [0.717, 1.165) is 28.0 Å². The molecule has 0 radical (unpaired) electrons. The van der Waals surface area contributed by atoms with Gasteiger partial charge in [-0.15, -0.1) is 0 Å². The molecule has 0 bridgehead atoms. The molecule has 162 valence electrons. The molecule has 0 unspecified atom stereocenters. The van der Waals surface area contributed by atoms with Gasteiger partial charge in [-0.1, -0.05) is 35.9 Å². The second-order valence-corrected chi connectivity index (χ2v) is 9.83. The van der Waals surface area contributed by atoms with E-state index in [0.29, 0.717) is 30.8 Å². The summed E-state index contributed by atoms with van der Waals surface area (Å²) in [6.45, 7) is 6.60. The van der Waals surface area contributed by atoms with Crippen molar-refractivity contribution in [1.82, 2.24) is 9.62 Å². The molecule has 1 saturated heterocycles. The van der Waals surface area contributed by atoms with E-state index < -0.39 is 10.0 Å². The van der Waals surface area contributed by atoms with Crippen LogP contribution in [0.3, 0.4) is 0 Å². The molecule has 1 fully saturated rings. The van der Waals surface area contributed by atoms with Crippen molar-refractivity contribution < 1.29 is 17.9 Å². The summed E-state index contributed by atoms with van der Waals surface area (Å²) in [4.78, 5) is 13.1. The van der Waals surface area contributed by atoms with Crippen LogP contribution in [0.1, 0.15) is 35.1 Å². The Kier molecular flexibility index (Phi) is 6.83. The Morgan fingerprint density at radius 2 is 1.83 bits per heavy atom. The fraction of sp³-hybridized carbons (Fsp3) is 0.435. The van der Waals surface area contributed by atoms with Crippen molar-refractivity contribution in [3.63, 3.8) is 0 Å². The van der Waals surface area contributed by atoms with E-state index in [-0.39, 0.29) is 18.4 Å². The van der Waals surface area contributed by atoms with Gasteiger partial charge >= 0.3 is 0 Å². The predicted octanol–water partition coefficient (Wildman–Crippen LogP) is 3.34. The molecule has 1 atom stereocenters. The highest BCUT2D eigenvalue weighted by Crippen LogP contribution is 2.29. The van der Waals surface area contributed by atoms with Gasteiger partial charge in [0.1, 0.15) is 5.75 Å². The average molecular weight is 431 g/mol. The highest BCUT2D eigenvalue weighted by molar-refractivity contribution is 7.89. The summed E-state index contributed by atoms with van der Waals surface area (Å²) >= 11 is 0. The fourth-order valence-corrected chi connectivity index (χ4v) is 6.19. The Labute approximate surface area is 179 Å². The third-order valence-corrected chi connectivity index (χ3v) is 7.77. The van der Waals surface area contributed by atoms with Crippen LogP contribution in [0.2, 0.25) is 0 Å². The van der Waals surface area contributed by atoms with Crippen LogP contribution in [0.5, 0.6) is 5.75 Å². The molecule has 1 aliphatic heterocycles. The molecule has 6 nitrogen and oxygen atoms in total. The molecular weight excluding hydrogens is 400 g/mol. The number of benzene rings is 2. The van der Waals surface area contributed by atoms with Gasteiger partial charge in [-0.25, -0.2) is 8.42 Å². The Hall–Kier alpha value is -2.38. The van der Waals surface area contributed by atoms with Crippen molar-refractivity contribution >= 4 is 15.9 Å². The first-order chi connectivity index (χ1) is 14.2. The van der Waals surface area contributed by atoms with E-state index in [1.807, 2.05) is 57.2 Å². The Morgan fingerprint density at radius 1 is 1.17 bits per heavy atom. The Balaban J connectivity index is 1.72. The topological polar surface area (TPSA) is 75.7 Å². The molecule has 7 heteroatoms. The summed E-state index contributed by atoms with van der Waals surface area (Å²) < 4.78 is 33.5. The first-order valence-electron chi connectivity index (χ1n) is 10.2. The molecule has 1 heterocycles. The van der Waals surface area contributed by atoms with Crippen LogP contribution in [-0.2, 0) is 21.4 Å². The Bertz CT molecular complexity index is 1010. The summed E-state index contributed by atoms with van der Waals surface area (Å²) in [5.41, 5.74) is 3.42. The molecule has 1 amide bonds. The van der Waals surface area contributed by atoms with Gasteiger partial charge in [-0.05, 0) is 50.8 Å². The number of nitrogens with one attached hydrogen (secondary N) is 1. The number of hydrogen-bond acceptors (Lipinski definition) is 4. The number of nitrogens with zero attached hydrogens (tertiary/aromatic N) is 1. The lowest BCUT2D eigenvalue weighted by Gasteiger charge is -2.32. The van der Waals surface area contributed by atoms with Gasteiger partial charge in [-0.2, -0.15) is 4.31 Å². The largest absolute Gasteiger partial charge is 0.496 e. The third-order valence-electron chi connectivity index (χ3n) is 5.60. The average Bonchev–Trinajstić information content (AvgIpc) is 2.71. The van der Waals surface area contributed by atoms with Crippen LogP contribution in [0.4, 0.5) is 0 Å². The zero-order valence-electron chi connectivity index (χ0n) is 18.1. The van der Waals surface area contributed by atoms with Crippen LogP contribution in [-0.4, -0.2) is 38.8 Å². The SMILES string of the molecule is COc1ccccc1CNC(=O)[C@@H]1CCCN(S(=O)(=O)c2c(C)cc(C)cc2C)C1. The van der Waals surface area contributed by atoms with Crippen molar-refractivity contribution in [3.8, 4) is 5.75 Å². The van der Waals surface area contributed by atoms with Crippen molar-refractivity contribution in [1.29, 1.82) is 0 Å². The minimum atomic E-state index is -3.65. The summed E-state index contributed by atoms with van der Waals surface area (Å²) in [6.07, 6.45) is 1.34. The lowest BCUT2D eigenvalue weighted by molar-refractivity contribution is -0.126. The maximum atomic E-state index is 13.3. The molecule has 2 aromatic carbocycles. The van der Waals surface area contributed by atoms with Gasteiger partial charge < -0.3 is 10.1 Å². The van der Waals surface area contributed by atoms with E-state index in [1.165, 1.54) is 4.31 Å². The Morgan fingerprint density at radius 3 is 2.50 bits per heavy atom. The first kappa shape index (κ1) is 22.3. The number of carbonyl (C=O) groups is 1. The standard InChI is InChI=1S/C23H30N2O4S/c1-16-12-17(2)22(18(3)13-16)30(27,28)25-11-7-9-20(15-25)23(26)24-14-19-8-5-6-10-21(19)29-4/h5-6,8,10,12-13,20H,7,9,11,14-15H2,1-4H3,(H,24,26)/t20-/m1/s1. The maximum absolute atomic E-state index is 13.3. The van der Waals surface area contributed by atoms with Gasteiger partial charge in [0.15, 0.2) is 0 Å². The van der Waals surface area contributed by atoms with Gasteiger partial charge in [0.2, 0.25) is 15.9 Å². The number of ether oxygens (including phenoxy) is 1. The minimum absolute atomic E-state index is 0.127. The van der Waals surface area contributed by atoms with Crippen molar-refractivity contribution in [2.75, 3.05) is 20.2 Å². The van der Waals surface area contributed by atoms with Gasteiger partial charge in [0.25, 0.3) is 0 Å². The molecule has 1 aliphatic rings. The highest BCUT2D eigenvalue weighted by atomic mass is 32.2. The number of carbonyl (C=O) groups excluding carboxylic acids is 1. The van der Waals surface area contributed by atoms with Crippen molar-refractivity contribution in [2.24, 2.45) is 5.92 Å². The first-order valence-corrected chi connectivity index (χ1v) is 11.7. The lowest BCUT2D eigenvalue weighted by Crippen LogP contribution is -2.45. The van der Waals surface area contributed by atoms with E-state index >= 15 is 0 Å². The van der Waals surface area contributed by atoms with E-state index in [1.54, 1.807) is 7.11 Å². The van der Waals surface area contributed by atoms with Crippen LogP contribution in [0, 0.1) is 26.7 Å². The second-order valence-electron chi connectivity index (χ2n) is 7.96. The minimum Gasteiger partial charge on any atom is -0.496 e. The number of methoxy groups -OCH3 is 1. The summed E-state index contributed by atoms with van der Waals surface area (Å²) in [6, 6.07) is 11.3. The van der Waals surface area contributed by atoms with Gasteiger partial charge in [0.05, 0.1) is 17.9 Å². The molecule has 1 N–H and O–H groups in total. The summed E-state index contributed by atoms with van der Waals surface area (Å²) in [7, 11) is -2.05. The lowest BCUT2D eigenvalue weighted by atomic mass is 9.98. The molecule has 30 heavy (non-hydrogen) atoms. The second kappa shape index (κ2) is 9.18. The molecule has 0 saturated carbocycles. The zero-order chi connectivity index (χ0) is 21.9. The number of piperidine rings is 1. The fourth-order valence-electron chi connectivity index (χ4n) is 4.25.